The van der Waals surface area contributed by atoms with Gasteiger partial charge in [0.15, 0.2) is 0 Å². The van der Waals surface area contributed by atoms with Crippen molar-refractivity contribution in [1.82, 2.24) is 9.88 Å². The third-order valence-corrected chi connectivity index (χ3v) is 5.75. The number of nitrogens with zero attached hydrogens (tertiary/aromatic N) is 3. The molecule has 1 saturated heterocycles. The Kier molecular flexibility index (Phi) is 6.38. The summed E-state index contributed by atoms with van der Waals surface area (Å²) in [6.07, 6.45) is 3.44. The van der Waals surface area contributed by atoms with Crippen LogP contribution in [0.1, 0.15) is 36.7 Å². The van der Waals surface area contributed by atoms with Gasteiger partial charge in [0, 0.05) is 43.9 Å². The van der Waals surface area contributed by atoms with Gasteiger partial charge >= 0.3 is 0 Å². The Labute approximate surface area is 183 Å². The van der Waals surface area contributed by atoms with Crippen molar-refractivity contribution in [3.05, 3.63) is 41.3 Å². The zero-order valence-corrected chi connectivity index (χ0v) is 18.7. The molecule has 0 amide bonds. The molecule has 0 radical (unpaired) electrons. The lowest BCUT2D eigenvalue weighted by molar-refractivity contribution is 0.0322. The predicted molar refractivity (Wildman–Crippen MR) is 121 cm³/mol. The molecular formula is C23H32N4O4. The third-order valence-electron chi connectivity index (χ3n) is 5.75. The molecule has 168 valence electrons. The molecule has 0 aliphatic carbocycles. The number of aromatic nitrogens is 1. The molecule has 1 unspecified atom stereocenters. The Morgan fingerprint density at radius 3 is 2.81 bits per heavy atom. The minimum atomic E-state index is -0.235. The van der Waals surface area contributed by atoms with E-state index in [-0.39, 0.29) is 17.8 Å². The molecule has 8 heteroatoms. The summed E-state index contributed by atoms with van der Waals surface area (Å²) in [6, 6.07) is 4.32. The van der Waals surface area contributed by atoms with Crippen LogP contribution in [0.25, 0.3) is 5.76 Å². The number of aliphatic hydroxyl groups excluding tert-OH is 1. The van der Waals surface area contributed by atoms with E-state index in [1.54, 1.807) is 12.3 Å². The van der Waals surface area contributed by atoms with Crippen molar-refractivity contribution in [1.29, 1.82) is 0 Å². The second-order valence-corrected chi connectivity index (χ2v) is 8.37. The number of nitrogens with one attached hydrogen (secondary N) is 1. The Balaban J connectivity index is 1.52. The van der Waals surface area contributed by atoms with E-state index in [2.05, 4.69) is 20.1 Å². The Morgan fingerprint density at radius 1 is 1.29 bits per heavy atom. The molecule has 2 aromatic rings. The first-order chi connectivity index (χ1) is 14.9. The van der Waals surface area contributed by atoms with E-state index in [4.69, 9.17) is 13.9 Å². The fourth-order valence-electron chi connectivity index (χ4n) is 4.12. The average molecular weight is 429 g/mol. The van der Waals surface area contributed by atoms with Gasteiger partial charge in [-0.25, -0.2) is 0 Å². The predicted octanol–water partition coefficient (Wildman–Crippen LogP) is 3.60. The van der Waals surface area contributed by atoms with Crippen LogP contribution >= 0.6 is 0 Å². The zero-order chi connectivity index (χ0) is 22.0. The number of benzene rings is 1. The summed E-state index contributed by atoms with van der Waals surface area (Å²) in [7, 11) is 2.00. The molecule has 2 aliphatic rings. The SMILES string of the molecule is Cc1c(OCCN2CCOCC2)ccc2c1N(C)C(c1coc(NC(C)C)n1)C=C2O. The highest BCUT2D eigenvalue weighted by Gasteiger charge is 2.30. The number of hydrogen-bond donors (Lipinski definition) is 2. The van der Waals surface area contributed by atoms with Gasteiger partial charge in [0.25, 0.3) is 6.01 Å². The van der Waals surface area contributed by atoms with Crippen molar-refractivity contribution in [3.63, 3.8) is 0 Å². The number of ether oxygens (including phenoxy) is 2. The van der Waals surface area contributed by atoms with Gasteiger partial charge in [-0.1, -0.05) is 0 Å². The van der Waals surface area contributed by atoms with Crippen LogP contribution in [0.5, 0.6) is 5.75 Å². The van der Waals surface area contributed by atoms with Gasteiger partial charge in [0.05, 0.1) is 24.9 Å². The summed E-state index contributed by atoms with van der Waals surface area (Å²) < 4.78 is 17.1. The van der Waals surface area contributed by atoms with Gasteiger partial charge in [-0.15, -0.1) is 0 Å². The molecule has 1 aromatic carbocycles. The highest BCUT2D eigenvalue weighted by molar-refractivity contribution is 5.81. The number of hydrogen-bond acceptors (Lipinski definition) is 8. The van der Waals surface area contributed by atoms with E-state index in [1.807, 2.05) is 40.0 Å². The summed E-state index contributed by atoms with van der Waals surface area (Å²) >= 11 is 0. The van der Waals surface area contributed by atoms with Gasteiger partial charge in [0.1, 0.15) is 30.1 Å². The first-order valence-electron chi connectivity index (χ1n) is 10.9. The van der Waals surface area contributed by atoms with Crippen molar-refractivity contribution in [2.24, 2.45) is 0 Å². The van der Waals surface area contributed by atoms with Crippen LogP contribution in [0.3, 0.4) is 0 Å². The van der Waals surface area contributed by atoms with Crippen LogP contribution in [0.15, 0.2) is 28.9 Å². The third kappa shape index (κ3) is 4.65. The molecule has 2 N–H and O–H groups in total. The van der Waals surface area contributed by atoms with Gasteiger partial charge in [-0.2, -0.15) is 4.98 Å². The van der Waals surface area contributed by atoms with Crippen LogP contribution < -0.4 is 15.0 Å². The molecule has 3 heterocycles. The quantitative estimate of drug-likeness (QED) is 0.692. The maximum absolute atomic E-state index is 10.7. The number of likely N-dealkylation sites (N-methyl/N-ethyl adjacent to an activating group) is 1. The maximum atomic E-state index is 10.7. The molecule has 0 spiro atoms. The van der Waals surface area contributed by atoms with Crippen molar-refractivity contribution in [2.45, 2.75) is 32.9 Å². The van der Waals surface area contributed by atoms with Crippen molar-refractivity contribution < 1.29 is 19.0 Å². The van der Waals surface area contributed by atoms with E-state index in [1.165, 1.54) is 0 Å². The molecule has 31 heavy (non-hydrogen) atoms. The number of aliphatic hydroxyl groups is 1. The largest absolute Gasteiger partial charge is 0.507 e. The summed E-state index contributed by atoms with van der Waals surface area (Å²) in [6.45, 7) is 11.0. The number of morpholine rings is 1. The molecule has 4 rings (SSSR count). The molecule has 1 atom stereocenters. The Bertz CT molecular complexity index is 934. The number of rotatable bonds is 7. The number of oxazole rings is 1. The minimum absolute atomic E-state index is 0.222. The molecule has 0 saturated carbocycles. The highest BCUT2D eigenvalue weighted by atomic mass is 16.5. The standard InChI is InChI=1S/C23H32N4O4/c1-15(2)24-23-25-18(14-31-23)19-13-20(28)17-5-6-21(16(3)22(17)26(19)4)30-12-9-27-7-10-29-11-8-27/h5-6,13-15,19,28H,7-12H2,1-4H3,(H,24,25). The minimum Gasteiger partial charge on any atom is -0.507 e. The summed E-state index contributed by atoms with van der Waals surface area (Å²) in [5, 5.41) is 13.9. The van der Waals surface area contributed by atoms with Crippen LogP contribution in [0.2, 0.25) is 0 Å². The Morgan fingerprint density at radius 2 is 2.06 bits per heavy atom. The van der Waals surface area contributed by atoms with Crippen LogP contribution in [-0.2, 0) is 4.74 Å². The van der Waals surface area contributed by atoms with Gasteiger partial charge in [0.2, 0.25) is 0 Å². The zero-order valence-electron chi connectivity index (χ0n) is 18.7. The van der Waals surface area contributed by atoms with Crippen LogP contribution in [0.4, 0.5) is 11.7 Å². The smallest absolute Gasteiger partial charge is 0.295 e. The van der Waals surface area contributed by atoms with Crippen molar-refractivity contribution in [3.8, 4) is 5.75 Å². The van der Waals surface area contributed by atoms with E-state index in [0.29, 0.717) is 12.6 Å². The van der Waals surface area contributed by atoms with E-state index in [0.717, 1.165) is 61.1 Å². The number of fused-ring (bicyclic) bond motifs is 1. The molecule has 2 aliphatic heterocycles. The lowest BCUT2D eigenvalue weighted by atomic mass is 9.96. The fraction of sp³-hybridized carbons (Fsp3) is 0.522. The van der Waals surface area contributed by atoms with Gasteiger partial charge in [-0.05, 0) is 39.0 Å². The second kappa shape index (κ2) is 9.20. The maximum Gasteiger partial charge on any atom is 0.295 e. The average Bonchev–Trinajstić information content (AvgIpc) is 3.20. The molecule has 1 fully saturated rings. The lowest BCUT2D eigenvalue weighted by Gasteiger charge is -2.34. The van der Waals surface area contributed by atoms with Crippen molar-refractivity contribution >= 4 is 17.5 Å². The number of anilines is 2. The first kappa shape index (κ1) is 21.5. The van der Waals surface area contributed by atoms with E-state index in [9.17, 15) is 5.11 Å². The normalized spacial score (nSPS) is 19.3. The molecule has 0 bridgehead atoms. The molecule has 1 aromatic heterocycles. The lowest BCUT2D eigenvalue weighted by Crippen LogP contribution is -2.38. The van der Waals surface area contributed by atoms with E-state index < -0.39 is 0 Å². The monoisotopic (exact) mass is 428 g/mol. The topological polar surface area (TPSA) is 83.2 Å². The molecular weight excluding hydrogens is 396 g/mol. The van der Waals surface area contributed by atoms with Gasteiger partial charge in [-0.3, -0.25) is 4.90 Å². The van der Waals surface area contributed by atoms with E-state index >= 15 is 0 Å². The molecule has 8 nitrogen and oxygen atoms in total. The Hall–Kier alpha value is -2.71. The summed E-state index contributed by atoms with van der Waals surface area (Å²) in [5.41, 5.74) is 3.47. The summed E-state index contributed by atoms with van der Waals surface area (Å²) in [4.78, 5) is 9.02. The van der Waals surface area contributed by atoms with Crippen molar-refractivity contribution in [2.75, 3.05) is 56.7 Å². The first-order valence-corrected chi connectivity index (χ1v) is 10.9. The fourth-order valence-corrected chi connectivity index (χ4v) is 4.12. The van der Waals surface area contributed by atoms with Gasteiger partial charge < -0.3 is 29.2 Å². The second-order valence-electron chi connectivity index (χ2n) is 8.37. The summed E-state index contributed by atoms with van der Waals surface area (Å²) in [5.74, 6) is 1.07. The van der Waals surface area contributed by atoms with Crippen LogP contribution in [-0.4, -0.2) is 67.5 Å². The van der Waals surface area contributed by atoms with Crippen LogP contribution in [0, 0.1) is 6.92 Å². The highest BCUT2D eigenvalue weighted by Crippen LogP contribution is 2.43.